The van der Waals surface area contributed by atoms with E-state index in [1.807, 2.05) is 0 Å². The van der Waals surface area contributed by atoms with Gasteiger partial charge in [0.25, 0.3) is 0 Å². The normalized spacial score (nSPS) is 18.1. The Morgan fingerprint density at radius 1 is 1.17 bits per heavy atom. The molecule has 30 heavy (non-hydrogen) atoms. The number of amides is 1. The van der Waals surface area contributed by atoms with Crippen molar-refractivity contribution in [2.24, 2.45) is 5.92 Å². The number of carbonyl (C=O) groups is 1. The van der Waals surface area contributed by atoms with Crippen molar-refractivity contribution in [2.75, 3.05) is 27.3 Å². The topological polar surface area (TPSA) is 52.0 Å². The van der Waals surface area contributed by atoms with Gasteiger partial charge in [0.2, 0.25) is 5.91 Å². The Labute approximate surface area is 180 Å². The molecule has 0 spiro atoms. The number of rotatable bonds is 8. The van der Waals surface area contributed by atoms with Crippen LogP contribution >= 0.6 is 0 Å². The Balaban J connectivity index is 1.89. The molecule has 0 aromatic heterocycles. The molecule has 162 valence electrons. The van der Waals surface area contributed by atoms with Crippen molar-refractivity contribution in [3.8, 4) is 11.5 Å². The van der Waals surface area contributed by atoms with Crippen LogP contribution in [0.5, 0.6) is 11.5 Å². The zero-order valence-corrected chi connectivity index (χ0v) is 18.9. The van der Waals surface area contributed by atoms with Gasteiger partial charge in [-0.25, -0.2) is 0 Å². The van der Waals surface area contributed by atoms with Gasteiger partial charge >= 0.3 is 0 Å². The molecule has 1 aliphatic rings. The van der Waals surface area contributed by atoms with E-state index in [1.54, 1.807) is 14.2 Å². The highest BCUT2D eigenvalue weighted by Crippen LogP contribution is 2.34. The number of quaternary nitrogens is 1. The van der Waals surface area contributed by atoms with Crippen LogP contribution in [0.1, 0.15) is 48.6 Å². The van der Waals surface area contributed by atoms with E-state index < -0.39 is 0 Å². The maximum Gasteiger partial charge on any atom is 0.220 e. The van der Waals surface area contributed by atoms with Gasteiger partial charge in [-0.2, -0.15) is 0 Å². The predicted molar refractivity (Wildman–Crippen MR) is 119 cm³/mol. The smallest absolute Gasteiger partial charge is 0.220 e. The number of nitrogens with one attached hydrogen (secondary N) is 2. The molecule has 1 aliphatic heterocycles. The van der Waals surface area contributed by atoms with Crippen LogP contribution in [-0.2, 0) is 17.8 Å². The van der Waals surface area contributed by atoms with Crippen LogP contribution in [0.15, 0.2) is 36.4 Å². The molecule has 3 rings (SSSR count). The second kappa shape index (κ2) is 9.98. The van der Waals surface area contributed by atoms with Crippen LogP contribution in [0.25, 0.3) is 0 Å². The molecule has 2 N–H and O–H groups in total. The SMILES string of the molecule is COc1cc2c(cc1OC)[C@@H](CNC(=O)CC(C)C)[NH+](Cc1cccc(C)c1)CC2. The van der Waals surface area contributed by atoms with Crippen molar-refractivity contribution in [3.63, 3.8) is 0 Å². The zero-order chi connectivity index (χ0) is 21.7. The molecule has 0 saturated heterocycles. The van der Waals surface area contributed by atoms with Crippen LogP contribution in [0.4, 0.5) is 0 Å². The minimum absolute atomic E-state index is 0.118. The Morgan fingerprint density at radius 2 is 1.90 bits per heavy atom. The lowest BCUT2D eigenvalue weighted by atomic mass is 9.91. The van der Waals surface area contributed by atoms with Crippen molar-refractivity contribution in [1.82, 2.24) is 5.32 Å². The van der Waals surface area contributed by atoms with E-state index >= 15 is 0 Å². The fourth-order valence-corrected chi connectivity index (χ4v) is 4.38. The minimum Gasteiger partial charge on any atom is -0.493 e. The van der Waals surface area contributed by atoms with Gasteiger partial charge in [-0.3, -0.25) is 4.79 Å². The number of hydrogen-bond donors (Lipinski definition) is 2. The number of fused-ring (bicyclic) bond motifs is 1. The number of ether oxygens (including phenoxy) is 2. The highest BCUT2D eigenvalue weighted by atomic mass is 16.5. The highest BCUT2D eigenvalue weighted by molar-refractivity contribution is 5.76. The number of carbonyl (C=O) groups excluding carboxylic acids is 1. The summed E-state index contributed by atoms with van der Waals surface area (Å²) in [6.45, 7) is 8.84. The molecule has 0 radical (unpaired) electrons. The van der Waals surface area contributed by atoms with E-state index in [2.05, 4.69) is 62.5 Å². The van der Waals surface area contributed by atoms with E-state index in [0.717, 1.165) is 31.0 Å². The summed E-state index contributed by atoms with van der Waals surface area (Å²) in [7, 11) is 3.34. The van der Waals surface area contributed by atoms with Gasteiger partial charge in [0.1, 0.15) is 12.6 Å². The van der Waals surface area contributed by atoms with Crippen molar-refractivity contribution in [3.05, 3.63) is 58.7 Å². The molecule has 5 nitrogen and oxygen atoms in total. The predicted octanol–water partition coefficient (Wildman–Crippen LogP) is 2.86. The molecule has 0 saturated carbocycles. The summed E-state index contributed by atoms with van der Waals surface area (Å²) in [5.74, 6) is 1.98. The number of hydrogen-bond acceptors (Lipinski definition) is 3. The quantitative estimate of drug-likeness (QED) is 0.702. The molecule has 1 unspecified atom stereocenters. The monoisotopic (exact) mass is 411 g/mol. The third-order valence-corrected chi connectivity index (χ3v) is 5.84. The fraction of sp³-hybridized carbons (Fsp3) is 0.480. The molecule has 0 bridgehead atoms. The summed E-state index contributed by atoms with van der Waals surface area (Å²) in [4.78, 5) is 13.8. The molecule has 1 amide bonds. The highest BCUT2D eigenvalue weighted by Gasteiger charge is 2.33. The van der Waals surface area contributed by atoms with Crippen LogP contribution < -0.4 is 19.7 Å². The van der Waals surface area contributed by atoms with Crippen molar-refractivity contribution < 1.29 is 19.2 Å². The zero-order valence-electron chi connectivity index (χ0n) is 18.9. The molecule has 2 atom stereocenters. The molecular weight excluding hydrogens is 376 g/mol. The van der Waals surface area contributed by atoms with Gasteiger partial charge in [-0.1, -0.05) is 43.7 Å². The van der Waals surface area contributed by atoms with Gasteiger partial charge in [0, 0.05) is 24.0 Å². The van der Waals surface area contributed by atoms with E-state index in [4.69, 9.17) is 9.47 Å². The maximum atomic E-state index is 12.4. The second-order valence-electron chi connectivity index (χ2n) is 8.68. The Morgan fingerprint density at radius 3 is 2.57 bits per heavy atom. The van der Waals surface area contributed by atoms with Crippen LogP contribution in [0.2, 0.25) is 0 Å². The Hall–Kier alpha value is -2.53. The Kier molecular flexibility index (Phi) is 7.38. The largest absolute Gasteiger partial charge is 0.493 e. The van der Waals surface area contributed by atoms with Crippen molar-refractivity contribution >= 4 is 5.91 Å². The average Bonchev–Trinajstić information content (AvgIpc) is 2.71. The molecule has 2 aromatic rings. The first-order chi connectivity index (χ1) is 14.4. The first kappa shape index (κ1) is 22.2. The molecule has 0 fully saturated rings. The van der Waals surface area contributed by atoms with E-state index in [1.165, 1.54) is 27.2 Å². The van der Waals surface area contributed by atoms with Crippen LogP contribution in [0, 0.1) is 12.8 Å². The third-order valence-electron chi connectivity index (χ3n) is 5.84. The van der Waals surface area contributed by atoms with Gasteiger partial charge in [0.15, 0.2) is 11.5 Å². The maximum absolute atomic E-state index is 12.4. The lowest BCUT2D eigenvalue weighted by molar-refractivity contribution is -0.945. The molecule has 0 aliphatic carbocycles. The summed E-state index contributed by atoms with van der Waals surface area (Å²) in [5, 5.41) is 3.19. The summed E-state index contributed by atoms with van der Waals surface area (Å²) >= 11 is 0. The molecule has 5 heteroatoms. The molecule has 2 aromatic carbocycles. The summed E-state index contributed by atoms with van der Waals surface area (Å²) in [6.07, 6.45) is 1.53. The van der Waals surface area contributed by atoms with E-state index in [0.29, 0.717) is 18.9 Å². The number of methoxy groups -OCH3 is 2. The Bertz CT molecular complexity index is 879. The first-order valence-electron chi connectivity index (χ1n) is 10.8. The second-order valence-corrected chi connectivity index (χ2v) is 8.68. The molecular formula is C25H35N2O3+. The first-order valence-corrected chi connectivity index (χ1v) is 10.8. The molecule has 1 heterocycles. The average molecular weight is 412 g/mol. The summed E-state index contributed by atoms with van der Waals surface area (Å²) in [6, 6.07) is 13.1. The lowest BCUT2D eigenvalue weighted by Crippen LogP contribution is -3.12. The lowest BCUT2D eigenvalue weighted by Gasteiger charge is -2.35. The fourth-order valence-electron chi connectivity index (χ4n) is 4.38. The van der Waals surface area contributed by atoms with Crippen molar-refractivity contribution in [2.45, 2.75) is 46.2 Å². The van der Waals surface area contributed by atoms with E-state index in [9.17, 15) is 4.79 Å². The van der Waals surface area contributed by atoms with Gasteiger partial charge in [-0.05, 0) is 30.5 Å². The summed E-state index contributed by atoms with van der Waals surface area (Å²) in [5.41, 5.74) is 5.13. The minimum atomic E-state index is 0.118. The number of benzene rings is 2. The number of aryl methyl sites for hydroxylation is 1. The van der Waals surface area contributed by atoms with Gasteiger partial charge in [-0.15, -0.1) is 0 Å². The summed E-state index contributed by atoms with van der Waals surface area (Å²) < 4.78 is 11.1. The van der Waals surface area contributed by atoms with Gasteiger partial charge in [0.05, 0.1) is 27.3 Å². The standard InChI is InChI=1S/C25H34N2O3/c1-17(2)11-25(28)26-15-22-21-14-24(30-5)23(29-4)13-20(21)9-10-27(22)16-19-8-6-7-18(3)12-19/h6-8,12-14,17,22H,9-11,15-16H2,1-5H3,(H,26,28)/p+1/t22-/m1/s1. The van der Waals surface area contributed by atoms with Crippen LogP contribution in [0.3, 0.4) is 0 Å². The van der Waals surface area contributed by atoms with Gasteiger partial charge < -0.3 is 19.7 Å². The van der Waals surface area contributed by atoms with Crippen LogP contribution in [-0.4, -0.2) is 33.2 Å². The van der Waals surface area contributed by atoms with Crippen molar-refractivity contribution in [1.29, 1.82) is 0 Å². The third kappa shape index (κ3) is 5.33. The van der Waals surface area contributed by atoms with E-state index in [-0.39, 0.29) is 11.9 Å².